The van der Waals surface area contributed by atoms with Crippen molar-refractivity contribution >= 4 is 38.8 Å². The Balaban J connectivity index is 1.57. The van der Waals surface area contributed by atoms with Crippen molar-refractivity contribution in [1.82, 2.24) is 15.3 Å². The Morgan fingerprint density at radius 1 is 1.48 bits per heavy atom. The van der Waals surface area contributed by atoms with Gasteiger partial charge in [-0.1, -0.05) is 11.3 Å². The van der Waals surface area contributed by atoms with Crippen LogP contribution in [0.3, 0.4) is 0 Å². The Morgan fingerprint density at radius 2 is 2.26 bits per heavy atom. The van der Waals surface area contributed by atoms with Crippen LogP contribution in [0.15, 0.2) is 12.3 Å². The topological polar surface area (TPSA) is 93.2 Å². The van der Waals surface area contributed by atoms with Crippen molar-refractivity contribution in [2.45, 2.75) is 26.3 Å². The van der Waals surface area contributed by atoms with Gasteiger partial charge in [0.25, 0.3) is 0 Å². The average Bonchev–Trinajstić information content (AvgIpc) is 3.21. The van der Waals surface area contributed by atoms with Gasteiger partial charge in [0.05, 0.1) is 13.0 Å². The summed E-state index contributed by atoms with van der Waals surface area (Å²) in [6, 6.07) is 1.49. The van der Waals surface area contributed by atoms with Crippen LogP contribution in [0.5, 0.6) is 0 Å². The molecule has 0 bridgehead atoms. The number of fused-ring (bicyclic) bond motifs is 1. The van der Waals surface area contributed by atoms with Crippen LogP contribution in [0.25, 0.3) is 10.3 Å². The van der Waals surface area contributed by atoms with Crippen LogP contribution in [0, 0.1) is 18.8 Å². The van der Waals surface area contributed by atoms with Crippen molar-refractivity contribution in [2.75, 3.05) is 12.4 Å². The molecule has 1 saturated carbocycles. The van der Waals surface area contributed by atoms with Crippen molar-refractivity contribution in [3.05, 3.63) is 17.8 Å². The number of methoxy groups -OCH3 is 1. The van der Waals surface area contributed by atoms with E-state index in [1.165, 1.54) is 18.4 Å². The first-order chi connectivity index (χ1) is 11.0. The summed E-state index contributed by atoms with van der Waals surface area (Å²) < 4.78 is 4.72. The maximum Gasteiger partial charge on any atom is 0.321 e. The summed E-state index contributed by atoms with van der Waals surface area (Å²) in [4.78, 5) is 32.9. The molecular weight excluding hydrogens is 316 g/mol. The lowest BCUT2D eigenvalue weighted by Gasteiger charge is -2.13. The number of hydrogen-bond donors (Lipinski definition) is 2. The van der Waals surface area contributed by atoms with E-state index in [0.29, 0.717) is 5.13 Å². The highest BCUT2D eigenvalue weighted by Crippen LogP contribution is 2.42. The zero-order chi connectivity index (χ0) is 16.6. The summed E-state index contributed by atoms with van der Waals surface area (Å²) in [6.45, 7) is 3.83. The third-order valence-corrected chi connectivity index (χ3v) is 4.84. The number of rotatable bonds is 4. The van der Waals surface area contributed by atoms with Crippen molar-refractivity contribution in [3.8, 4) is 0 Å². The molecule has 2 N–H and O–H groups in total. The molecule has 8 heteroatoms. The Labute approximate surface area is 137 Å². The van der Waals surface area contributed by atoms with Crippen molar-refractivity contribution < 1.29 is 14.3 Å². The molecule has 3 rings (SSSR count). The number of aromatic nitrogens is 2. The average molecular weight is 334 g/mol. The van der Waals surface area contributed by atoms with Gasteiger partial charge >= 0.3 is 12.0 Å². The molecule has 0 aromatic carbocycles. The molecule has 23 heavy (non-hydrogen) atoms. The largest absolute Gasteiger partial charge is 0.469 e. The first kappa shape index (κ1) is 15.7. The van der Waals surface area contributed by atoms with Gasteiger partial charge in [0.15, 0.2) is 5.13 Å². The molecule has 122 valence electrons. The second kappa shape index (κ2) is 6.11. The minimum atomic E-state index is -0.330. The van der Waals surface area contributed by atoms with Gasteiger partial charge in [-0.05, 0) is 37.8 Å². The second-order valence-electron chi connectivity index (χ2n) is 5.77. The van der Waals surface area contributed by atoms with E-state index in [-0.39, 0.29) is 29.9 Å². The standard InChI is InChI=1S/C15H18N4O3S/c1-7-4-11-12(16-6-7)23-15(18-11)19-14(21)17-8(2)9-5-10(9)13(20)22-3/h4,6,8-10H,5H2,1-3H3,(H2,17,18,19,21)/t8?,9-,10+/m0/s1. The number of carbonyl (C=O) groups is 2. The number of thiazole rings is 1. The summed E-state index contributed by atoms with van der Waals surface area (Å²) in [5.41, 5.74) is 1.79. The molecule has 2 aromatic heterocycles. The molecule has 7 nitrogen and oxygen atoms in total. The first-order valence-corrected chi connectivity index (χ1v) is 8.18. The number of anilines is 1. The summed E-state index contributed by atoms with van der Waals surface area (Å²) >= 11 is 1.33. The number of ether oxygens (including phenoxy) is 1. The lowest BCUT2D eigenvalue weighted by atomic mass is 10.2. The molecule has 0 radical (unpaired) electrons. The summed E-state index contributed by atoms with van der Waals surface area (Å²) in [5, 5.41) is 6.07. The van der Waals surface area contributed by atoms with Crippen molar-refractivity contribution in [1.29, 1.82) is 0 Å². The lowest BCUT2D eigenvalue weighted by molar-refractivity contribution is -0.142. The smallest absolute Gasteiger partial charge is 0.321 e. The van der Waals surface area contributed by atoms with E-state index in [0.717, 1.165) is 22.3 Å². The van der Waals surface area contributed by atoms with E-state index in [9.17, 15) is 9.59 Å². The molecule has 2 heterocycles. The number of pyridine rings is 1. The number of nitrogens with one attached hydrogen (secondary N) is 2. The molecule has 1 unspecified atom stereocenters. The van der Waals surface area contributed by atoms with E-state index in [1.54, 1.807) is 6.20 Å². The Hall–Kier alpha value is -2.22. The number of aryl methyl sites for hydroxylation is 1. The molecule has 3 atom stereocenters. The van der Waals surface area contributed by atoms with E-state index in [1.807, 2.05) is 19.9 Å². The number of amides is 2. The normalized spacial score (nSPS) is 20.8. The third-order valence-electron chi connectivity index (χ3n) is 3.95. The van der Waals surface area contributed by atoms with Crippen LogP contribution in [-0.4, -0.2) is 35.1 Å². The lowest BCUT2D eigenvalue weighted by Crippen LogP contribution is -2.38. The molecule has 1 aliphatic rings. The molecular formula is C15H18N4O3S. The van der Waals surface area contributed by atoms with Crippen LogP contribution in [0.1, 0.15) is 18.9 Å². The maximum absolute atomic E-state index is 12.1. The van der Waals surface area contributed by atoms with Gasteiger partial charge in [0.1, 0.15) is 10.3 Å². The number of carbonyl (C=O) groups excluding carboxylic acids is 2. The molecule has 0 saturated heterocycles. The van der Waals surface area contributed by atoms with Gasteiger partial charge in [0, 0.05) is 12.2 Å². The number of esters is 1. The Kier molecular flexibility index (Phi) is 4.16. The third kappa shape index (κ3) is 3.42. The predicted octanol–water partition coefficient (Wildman–Crippen LogP) is 2.32. The minimum Gasteiger partial charge on any atom is -0.469 e. The van der Waals surface area contributed by atoms with Gasteiger partial charge in [0.2, 0.25) is 0 Å². The highest BCUT2D eigenvalue weighted by molar-refractivity contribution is 7.21. The van der Waals surface area contributed by atoms with E-state index in [2.05, 4.69) is 20.6 Å². The van der Waals surface area contributed by atoms with Crippen LogP contribution >= 0.6 is 11.3 Å². The fourth-order valence-corrected chi connectivity index (χ4v) is 3.40. The second-order valence-corrected chi connectivity index (χ2v) is 6.75. The number of urea groups is 1. The molecule has 1 fully saturated rings. The van der Waals surface area contributed by atoms with E-state index < -0.39 is 0 Å². The Morgan fingerprint density at radius 3 is 3.00 bits per heavy atom. The number of hydrogen-bond acceptors (Lipinski definition) is 6. The van der Waals surface area contributed by atoms with Crippen molar-refractivity contribution in [2.24, 2.45) is 11.8 Å². The minimum absolute atomic E-state index is 0.103. The summed E-state index contributed by atoms with van der Waals surface area (Å²) in [5.74, 6) is -0.186. The van der Waals surface area contributed by atoms with E-state index >= 15 is 0 Å². The summed E-state index contributed by atoms with van der Waals surface area (Å²) in [6.07, 6.45) is 2.52. The molecule has 1 aliphatic carbocycles. The quantitative estimate of drug-likeness (QED) is 0.837. The van der Waals surface area contributed by atoms with Crippen LogP contribution in [-0.2, 0) is 9.53 Å². The maximum atomic E-state index is 12.1. The highest BCUT2D eigenvalue weighted by atomic mass is 32.1. The summed E-state index contributed by atoms with van der Waals surface area (Å²) in [7, 11) is 1.38. The van der Waals surface area contributed by atoms with Crippen molar-refractivity contribution in [3.63, 3.8) is 0 Å². The zero-order valence-corrected chi connectivity index (χ0v) is 13.9. The van der Waals surface area contributed by atoms with Gasteiger partial charge < -0.3 is 10.1 Å². The first-order valence-electron chi connectivity index (χ1n) is 7.36. The highest BCUT2D eigenvalue weighted by Gasteiger charge is 2.47. The SMILES string of the molecule is COC(=O)[C@@H]1C[C@H]1C(C)NC(=O)Nc1nc2cc(C)cnc2s1. The van der Waals surface area contributed by atoms with Gasteiger partial charge in [-0.25, -0.2) is 14.8 Å². The molecule has 2 amide bonds. The zero-order valence-electron chi connectivity index (χ0n) is 13.1. The fraction of sp³-hybridized carbons (Fsp3) is 0.467. The predicted molar refractivity (Wildman–Crippen MR) is 87.4 cm³/mol. The fourth-order valence-electron chi connectivity index (χ4n) is 2.61. The van der Waals surface area contributed by atoms with Gasteiger partial charge in [-0.15, -0.1) is 0 Å². The number of nitrogens with zero attached hydrogens (tertiary/aromatic N) is 2. The molecule has 0 aliphatic heterocycles. The van der Waals surface area contributed by atoms with E-state index in [4.69, 9.17) is 4.74 Å². The van der Waals surface area contributed by atoms with Crippen LogP contribution < -0.4 is 10.6 Å². The van der Waals surface area contributed by atoms with Crippen LogP contribution in [0.2, 0.25) is 0 Å². The van der Waals surface area contributed by atoms with Crippen LogP contribution in [0.4, 0.5) is 9.93 Å². The molecule has 2 aromatic rings. The van der Waals surface area contributed by atoms with Gasteiger partial charge in [-0.2, -0.15) is 0 Å². The molecule has 0 spiro atoms. The monoisotopic (exact) mass is 334 g/mol. The Bertz CT molecular complexity index is 760. The van der Waals surface area contributed by atoms with Gasteiger partial charge in [-0.3, -0.25) is 10.1 Å².